The van der Waals surface area contributed by atoms with Crippen LogP contribution in [0.2, 0.25) is 0 Å². The van der Waals surface area contributed by atoms with E-state index in [2.05, 4.69) is 5.32 Å². The molecule has 0 bridgehead atoms. The van der Waals surface area contributed by atoms with E-state index >= 15 is 0 Å². The molecule has 1 N–H and O–H groups in total. The molecule has 0 aromatic heterocycles. The van der Waals surface area contributed by atoms with E-state index in [1.165, 1.54) is 25.3 Å². The van der Waals surface area contributed by atoms with Crippen LogP contribution in [-0.2, 0) is 16.2 Å². The van der Waals surface area contributed by atoms with Crippen LogP contribution in [0.15, 0.2) is 78.4 Å². The molecule has 0 unspecified atom stereocenters. The van der Waals surface area contributed by atoms with Crippen LogP contribution in [-0.4, -0.2) is 25.0 Å². The summed E-state index contributed by atoms with van der Waals surface area (Å²) in [4.78, 5) is 38.5. The fourth-order valence-corrected chi connectivity index (χ4v) is 3.20. The van der Waals surface area contributed by atoms with Crippen LogP contribution in [0, 0.1) is 5.82 Å². The van der Waals surface area contributed by atoms with Gasteiger partial charge in [0.15, 0.2) is 0 Å². The summed E-state index contributed by atoms with van der Waals surface area (Å²) in [6.07, 6.45) is 1.41. The highest BCUT2D eigenvalue weighted by molar-refractivity contribution is 6.39. The first kappa shape index (κ1) is 21.8. The van der Waals surface area contributed by atoms with Gasteiger partial charge < -0.3 is 9.47 Å². The van der Waals surface area contributed by atoms with E-state index < -0.39 is 17.8 Å². The van der Waals surface area contributed by atoms with Gasteiger partial charge in [-0.15, -0.1) is 0 Å². The van der Waals surface area contributed by atoms with Crippen molar-refractivity contribution in [2.75, 3.05) is 12.0 Å². The van der Waals surface area contributed by atoms with Gasteiger partial charge >= 0.3 is 6.03 Å². The molecule has 0 saturated carbocycles. The van der Waals surface area contributed by atoms with Crippen molar-refractivity contribution >= 4 is 29.6 Å². The fraction of sp³-hybridized carbons (Fsp3) is 0.0800. The molecular weight excluding hydrogens is 427 g/mol. The normalized spacial score (nSPS) is 14.9. The Balaban J connectivity index is 1.50. The number of hydrogen-bond donors (Lipinski definition) is 1. The third-order valence-corrected chi connectivity index (χ3v) is 4.94. The maximum atomic E-state index is 13.0. The molecular formula is C25H19FN2O5. The maximum Gasteiger partial charge on any atom is 0.335 e. The van der Waals surface area contributed by atoms with Gasteiger partial charge in [0.25, 0.3) is 11.8 Å². The van der Waals surface area contributed by atoms with Gasteiger partial charge in [-0.2, -0.15) is 0 Å². The average molecular weight is 446 g/mol. The Morgan fingerprint density at radius 1 is 0.879 bits per heavy atom. The second-order valence-electron chi connectivity index (χ2n) is 7.14. The Morgan fingerprint density at radius 2 is 1.52 bits per heavy atom. The number of carbonyl (C=O) groups excluding carboxylic acids is 3. The summed E-state index contributed by atoms with van der Waals surface area (Å²) in [5.41, 5.74) is 1.52. The molecule has 7 nitrogen and oxygen atoms in total. The Kier molecular flexibility index (Phi) is 6.17. The third-order valence-electron chi connectivity index (χ3n) is 4.94. The molecule has 166 valence electrons. The zero-order valence-electron chi connectivity index (χ0n) is 17.6. The number of halogens is 1. The first-order chi connectivity index (χ1) is 15.9. The van der Waals surface area contributed by atoms with Crippen molar-refractivity contribution in [1.29, 1.82) is 0 Å². The van der Waals surface area contributed by atoms with Crippen LogP contribution in [0.1, 0.15) is 11.1 Å². The minimum absolute atomic E-state index is 0.176. The lowest BCUT2D eigenvalue weighted by Gasteiger charge is -2.26. The number of rotatable bonds is 6. The molecule has 0 spiro atoms. The zero-order valence-corrected chi connectivity index (χ0v) is 17.6. The molecule has 3 aromatic rings. The van der Waals surface area contributed by atoms with Crippen LogP contribution in [0.4, 0.5) is 14.9 Å². The van der Waals surface area contributed by atoms with Crippen molar-refractivity contribution in [3.63, 3.8) is 0 Å². The number of amides is 4. The van der Waals surface area contributed by atoms with Crippen molar-refractivity contribution < 1.29 is 28.2 Å². The number of methoxy groups -OCH3 is 1. The van der Waals surface area contributed by atoms with Gasteiger partial charge in [0, 0.05) is 0 Å². The molecule has 3 aromatic carbocycles. The van der Waals surface area contributed by atoms with E-state index in [4.69, 9.17) is 9.47 Å². The molecule has 4 rings (SSSR count). The lowest BCUT2D eigenvalue weighted by Crippen LogP contribution is -2.54. The molecule has 0 radical (unpaired) electrons. The van der Waals surface area contributed by atoms with Gasteiger partial charge in [0.1, 0.15) is 29.5 Å². The van der Waals surface area contributed by atoms with Crippen molar-refractivity contribution in [3.8, 4) is 11.5 Å². The van der Waals surface area contributed by atoms with E-state index in [0.717, 1.165) is 10.5 Å². The molecule has 1 fully saturated rings. The average Bonchev–Trinajstić information content (AvgIpc) is 2.82. The van der Waals surface area contributed by atoms with Gasteiger partial charge in [0.05, 0.1) is 12.8 Å². The highest BCUT2D eigenvalue weighted by Gasteiger charge is 2.36. The van der Waals surface area contributed by atoms with E-state index in [0.29, 0.717) is 22.7 Å². The first-order valence-electron chi connectivity index (χ1n) is 9.97. The quantitative estimate of drug-likeness (QED) is 0.456. The maximum absolute atomic E-state index is 13.0. The van der Waals surface area contributed by atoms with E-state index in [1.54, 1.807) is 60.7 Å². The minimum atomic E-state index is -0.822. The SMILES string of the molecule is COc1ccc(N2C(=O)NC(=O)/C(=C/c3ccc(OCc4ccc(F)cc4)cc3)C2=O)cc1. The molecule has 1 aliphatic rings. The highest BCUT2D eigenvalue weighted by Crippen LogP contribution is 2.24. The molecule has 33 heavy (non-hydrogen) atoms. The van der Waals surface area contributed by atoms with Crippen molar-refractivity contribution in [1.82, 2.24) is 5.32 Å². The number of ether oxygens (including phenoxy) is 2. The van der Waals surface area contributed by atoms with Crippen molar-refractivity contribution in [3.05, 3.63) is 95.3 Å². The van der Waals surface area contributed by atoms with Crippen molar-refractivity contribution in [2.24, 2.45) is 0 Å². The topological polar surface area (TPSA) is 84.9 Å². The van der Waals surface area contributed by atoms with Gasteiger partial charge in [0.2, 0.25) is 0 Å². The predicted molar refractivity (Wildman–Crippen MR) is 119 cm³/mol. The summed E-state index contributed by atoms with van der Waals surface area (Å²) in [7, 11) is 1.51. The number of nitrogens with zero attached hydrogens (tertiary/aromatic N) is 1. The summed E-state index contributed by atoms with van der Waals surface area (Å²) in [5.74, 6) is -0.685. The largest absolute Gasteiger partial charge is 0.497 e. The molecule has 1 aliphatic heterocycles. The van der Waals surface area contributed by atoms with Crippen LogP contribution >= 0.6 is 0 Å². The number of urea groups is 1. The zero-order chi connectivity index (χ0) is 23.4. The minimum Gasteiger partial charge on any atom is -0.497 e. The molecule has 1 saturated heterocycles. The van der Waals surface area contributed by atoms with Gasteiger partial charge in [-0.25, -0.2) is 14.1 Å². The van der Waals surface area contributed by atoms with Crippen LogP contribution in [0.3, 0.4) is 0 Å². The molecule has 0 atom stereocenters. The summed E-state index contributed by atoms with van der Waals surface area (Å²) < 4.78 is 23.8. The number of nitrogens with one attached hydrogen (secondary N) is 1. The molecule has 8 heteroatoms. The van der Waals surface area contributed by atoms with Crippen LogP contribution in [0.25, 0.3) is 6.08 Å². The lowest BCUT2D eigenvalue weighted by atomic mass is 10.1. The summed E-state index contributed by atoms with van der Waals surface area (Å²) in [6.45, 7) is 0.264. The summed E-state index contributed by atoms with van der Waals surface area (Å²) in [6, 6.07) is 18.2. The first-order valence-corrected chi connectivity index (χ1v) is 9.97. The third kappa shape index (κ3) is 4.90. The standard InChI is InChI=1S/C25H19FN2O5/c1-32-20-12-8-19(9-13-20)28-24(30)22(23(29)27-25(28)31)14-16-4-10-21(11-5-16)33-15-17-2-6-18(26)7-3-17/h2-14H,15H2,1H3,(H,27,29,31)/b22-14-. The number of hydrogen-bond acceptors (Lipinski definition) is 5. The monoisotopic (exact) mass is 446 g/mol. The second-order valence-corrected chi connectivity index (χ2v) is 7.14. The Morgan fingerprint density at radius 3 is 2.15 bits per heavy atom. The Bertz CT molecular complexity index is 1220. The highest BCUT2D eigenvalue weighted by atomic mass is 19.1. The fourth-order valence-electron chi connectivity index (χ4n) is 3.20. The van der Waals surface area contributed by atoms with Crippen LogP contribution in [0.5, 0.6) is 11.5 Å². The number of carbonyl (C=O) groups is 3. The summed E-state index contributed by atoms with van der Waals surface area (Å²) in [5, 5.41) is 2.19. The molecule has 0 aliphatic carbocycles. The lowest BCUT2D eigenvalue weighted by molar-refractivity contribution is -0.122. The Hall–Kier alpha value is -4.46. The van der Waals surface area contributed by atoms with Gasteiger partial charge in [-0.3, -0.25) is 14.9 Å². The Labute approximate surface area is 189 Å². The second kappa shape index (κ2) is 9.35. The van der Waals surface area contributed by atoms with Crippen LogP contribution < -0.4 is 19.7 Å². The number of barbiturate groups is 1. The van der Waals surface area contributed by atoms with E-state index in [9.17, 15) is 18.8 Å². The van der Waals surface area contributed by atoms with Crippen molar-refractivity contribution in [2.45, 2.75) is 6.61 Å². The predicted octanol–water partition coefficient (Wildman–Crippen LogP) is 4.08. The smallest absolute Gasteiger partial charge is 0.335 e. The molecule has 1 heterocycles. The molecule has 4 amide bonds. The number of benzene rings is 3. The summed E-state index contributed by atoms with van der Waals surface area (Å²) >= 11 is 0. The number of imide groups is 2. The van der Waals surface area contributed by atoms with Gasteiger partial charge in [-0.05, 0) is 65.7 Å². The number of anilines is 1. The van der Waals surface area contributed by atoms with E-state index in [-0.39, 0.29) is 18.0 Å². The van der Waals surface area contributed by atoms with Gasteiger partial charge in [-0.1, -0.05) is 24.3 Å². The van der Waals surface area contributed by atoms with E-state index in [1.807, 2.05) is 0 Å².